The minimum absolute atomic E-state index is 0.104. The summed E-state index contributed by atoms with van der Waals surface area (Å²) < 4.78 is 0. The number of carbonyl (C=O) groups excluding carboxylic acids is 2. The molecular weight excluding hydrogens is 458 g/mol. The van der Waals surface area contributed by atoms with Gasteiger partial charge in [-0.25, -0.2) is 0 Å². The van der Waals surface area contributed by atoms with E-state index in [2.05, 4.69) is 34.9 Å². The van der Waals surface area contributed by atoms with Crippen molar-refractivity contribution in [2.24, 2.45) is 0 Å². The van der Waals surface area contributed by atoms with Gasteiger partial charge in [-0.3, -0.25) is 0 Å². The van der Waals surface area contributed by atoms with Crippen LogP contribution in [0.5, 0.6) is 0 Å². The van der Waals surface area contributed by atoms with Gasteiger partial charge in [0.15, 0.2) is 0 Å². The van der Waals surface area contributed by atoms with E-state index in [0.29, 0.717) is 23.7 Å². The van der Waals surface area contributed by atoms with Crippen molar-refractivity contribution in [3.63, 3.8) is 0 Å². The standard InChI is InChI=1S/C20H24N2O2Se2/c23-19(21-13-11-17-7-3-1-4-8-17)15-25-26-16-20(24)22-14-12-18-9-5-2-6-10-18/h1-10H,11-16H2,(H,21,23)(H,22,24). The number of hydrogen-bond acceptors (Lipinski definition) is 2. The van der Waals surface area contributed by atoms with Crippen LogP contribution in [0.2, 0.25) is 10.6 Å². The summed E-state index contributed by atoms with van der Waals surface area (Å²) in [5.74, 6) is 0.208. The molecule has 0 aliphatic heterocycles. The summed E-state index contributed by atoms with van der Waals surface area (Å²) in [5.41, 5.74) is 2.46. The zero-order valence-corrected chi connectivity index (χ0v) is 18.1. The summed E-state index contributed by atoms with van der Waals surface area (Å²) in [6.07, 6.45) is 1.71. The molecule has 2 rings (SSSR count). The number of amides is 2. The van der Waals surface area contributed by atoms with Crippen molar-refractivity contribution < 1.29 is 9.59 Å². The van der Waals surface area contributed by atoms with Gasteiger partial charge in [-0.05, 0) is 0 Å². The van der Waals surface area contributed by atoms with Crippen LogP contribution in [0.25, 0.3) is 0 Å². The van der Waals surface area contributed by atoms with Crippen LogP contribution in [0.1, 0.15) is 11.1 Å². The normalized spacial score (nSPS) is 10.3. The zero-order chi connectivity index (χ0) is 18.5. The molecule has 0 aromatic heterocycles. The summed E-state index contributed by atoms with van der Waals surface area (Å²) in [4.78, 5) is 23.6. The molecule has 2 aromatic rings. The molecule has 4 nitrogen and oxygen atoms in total. The van der Waals surface area contributed by atoms with E-state index >= 15 is 0 Å². The van der Waals surface area contributed by atoms with Gasteiger partial charge in [-0.1, -0.05) is 0 Å². The molecule has 0 aliphatic rings. The van der Waals surface area contributed by atoms with Crippen molar-refractivity contribution in [1.29, 1.82) is 0 Å². The second-order valence-electron chi connectivity index (χ2n) is 5.70. The molecule has 2 amide bonds. The Bertz CT molecular complexity index is 607. The molecule has 0 saturated carbocycles. The Morgan fingerprint density at radius 1 is 0.654 bits per heavy atom. The zero-order valence-electron chi connectivity index (χ0n) is 14.6. The Hall–Kier alpha value is -1.58. The van der Waals surface area contributed by atoms with E-state index < -0.39 is 0 Å². The van der Waals surface area contributed by atoms with Gasteiger partial charge in [-0.2, -0.15) is 0 Å². The number of nitrogens with one attached hydrogen (secondary N) is 2. The van der Waals surface area contributed by atoms with Gasteiger partial charge in [0, 0.05) is 0 Å². The van der Waals surface area contributed by atoms with Gasteiger partial charge in [0.2, 0.25) is 0 Å². The molecule has 2 aromatic carbocycles. The first-order valence-electron chi connectivity index (χ1n) is 8.59. The molecular formula is C20H24N2O2Se2. The minimum atomic E-state index is 0.104. The van der Waals surface area contributed by atoms with Crippen LogP contribution in [0.3, 0.4) is 0 Å². The van der Waals surface area contributed by atoms with E-state index in [1.54, 1.807) is 0 Å². The fourth-order valence-corrected chi connectivity index (χ4v) is 7.65. The van der Waals surface area contributed by atoms with Crippen molar-refractivity contribution in [3.8, 4) is 0 Å². The van der Waals surface area contributed by atoms with E-state index in [0.717, 1.165) is 12.8 Å². The molecule has 0 atom stereocenters. The summed E-state index contributed by atoms with van der Waals surface area (Å²) in [6.45, 7) is 1.35. The summed E-state index contributed by atoms with van der Waals surface area (Å²) in [6, 6.07) is 20.3. The van der Waals surface area contributed by atoms with Crippen LogP contribution in [0.4, 0.5) is 0 Å². The van der Waals surface area contributed by atoms with Gasteiger partial charge in [0.05, 0.1) is 0 Å². The number of carbonyl (C=O) groups is 2. The molecule has 6 heteroatoms. The summed E-state index contributed by atoms with van der Waals surface area (Å²) in [7, 11) is 0. The fraction of sp³-hybridized carbons (Fsp3) is 0.300. The predicted molar refractivity (Wildman–Crippen MR) is 107 cm³/mol. The van der Waals surface area contributed by atoms with Crippen molar-refractivity contribution in [3.05, 3.63) is 71.8 Å². The van der Waals surface area contributed by atoms with Crippen LogP contribution >= 0.6 is 0 Å². The quantitative estimate of drug-likeness (QED) is 0.380. The number of hydrogen-bond donors (Lipinski definition) is 2. The summed E-state index contributed by atoms with van der Waals surface area (Å²) >= 11 is 0.473. The first-order chi connectivity index (χ1) is 12.7. The molecule has 0 spiro atoms. The Morgan fingerprint density at radius 2 is 1.04 bits per heavy atom. The summed E-state index contributed by atoms with van der Waals surface area (Å²) in [5, 5.41) is 7.05. The predicted octanol–water partition coefficient (Wildman–Crippen LogP) is 1.86. The van der Waals surface area contributed by atoms with Crippen LogP contribution < -0.4 is 10.6 Å². The topological polar surface area (TPSA) is 58.2 Å². The SMILES string of the molecule is O=C(C[Se][Se]CC(=O)NCCc1ccccc1)NCCc1ccccc1. The fourth-order valence-electron chi connectivity index (χ4n) is 2.27. The van der Waals surface area contributed by atoms with Crippen molar-refractivity contribution >= 4 is 38.1 Å². The molecule has 138 valence electrons. The van der Waals surface area contributed by atoms with Crippen molar-refractivity contribution in [1.82, 2.24) is 10.6 Å². The molecule has 0 saturated heterocycles. The van der Waals surface area contributed by atoms with Crippen LogP contribution in [0.15, 0.2) is 60.7 Å². The average molecular weight is 482 g/mol. The Labute approximate surface area is 166 Å². The molecule has 2 N–H and O–H groups in total. The van der Waals surface area contributed by atoms with Crippen LogP contribution in [-0.4, -0.2) is 51.2 Å². The Balaban J connectivity index is 1.46. The van der Waals surface area contributed by atoms with Gasteiger partial charge >= 0.3 is 167 Å². The third kappa shape index (κ3) is 9.21. The van der Waals surface area contributed by atoms with Gasteiger partial charge in [0.25, 0.3) is 0 Å². The van der Waals surface area contributed by atoms with E-state index in [-0.39, 0.29) is 38.1 Å². The van der Waals surface area contributed by atoms with E-state index in [9.17, 15) is 9.59 Å². The maximum atomic E-state index is 11.8. The van der Waals surface area contributed by atoms with Crippen LogP contribution in [-0.2, 0) is 22.4 Å². The second kappa shape index (κ2) is 12.7. The Morgan fingerprint density at radius 3 is 1.42 bits per heavy atom. The molecule has 0 aliphatic carbocycles. The van der Waals surface area contributed by atoms with E-state index in [4.69, 9.17) is 0 Å². The molecule has 0 unspecified atom stereocenters. The molecule has 0 heterocycles. The molecule has 0 radical (unpaired) electrons. The third-order valence-electron chi connectivity index (χ3n) is 3.62. The van der Waals surface area contributed by atoms with Gasteiger partial charge in [-0.15, -0.1) is 0 Å². The first-order valence-corrected chi connectivity index (χ1v) is 15.4. The molecule has 26 heavy (non-hydrogen) atoms. The average Bonchev–Trinajstić information content (AvgIpc) is 2.67. The third-order valence-corrected chi connectivity index (χ3v) is 9.95. The second-order valence-corrected chi connectivity index (χ2v) is 13.0. The van der Waals surface area contributed by atoms with E-state index in [1.807, 2.05) is 36.4 Å². The molecule has 0 bridgehead atoms. The number of rotatable bonds is 11. The van der Waals surface area contributed by atoms with Crippen LogP contribution in [0, 0.1) is 0 Å². The number of benzene rings is 2. The Kier molecular flexibility index (Phi) is 10.1. The maximum absolute atomic E-state index is 11.8. The van der Waals surface area contributed by atoms with Crippen molar-refractivity contribution in [2.75, 3.05) is 13.1 Å². The van der Waals surface area contributed by atoms with Gasteiger partial charge in [0.1, 0.15) is 0 Å². The first kappa shape index (κ1) is 20.7. The van der Waals surface area contributed by atoms with E-state index in [1.165, 1.54) is 11.1 Å². The van der Waals surface area contributed by atoms with Gasteiger partial charge < -0.3 is 0 Å². The van der Waals surface area contributed by atoms with Crippen molar-refractivity contribution in [2.45, 2.75) is 23.5 Å². The monoisotopic (exact) mass is 484 g/mol. The molecule has 0 fully saturated rings.